The van der Waals surface area contributed by atoms with Gasteiger partial charge in [0, 0.05) is 11.1 Å². The fourth-order valence-electron chi connectivity index (χ4n) is 2.64. The van der Waals surface area contributed by atoms with Crippen LogP contribution in [0.5, 0.6) is 0 Å². The Morgan fingerprint density at radius 3 is 2.91 bits per heavy atom. The maximum Gasteiger partial charge on any atom is 0.325 e. The van der Waals surface area contributed by atoms with E-state index in [1.165, 1.54) is 35.5 Å². The molecule has 1 aliphatic carbocycles. The molecule has 0 aliphatic heterocycles. The number of hydrogen-bond donors (Lipinski definition) is 4. The number of aromatic amines is 2. The topological polar surface area (TPSA) is 103 Å². The zero-order valence-electron chi connectivity index (χ0n) is 12.2. The van der Waals surface area contributed by atoms with Gasteiger partial charge in [-0.25, -0.2) is 14.6 Å². The van der Waals surface area contributed by atoms with E-state index in [4.69, 9.17) is 0 Å². The maximum absolute atomic E-state index is 12.1. The largest absolute Gasteiger partial charge is 0.325 e. The summed E-state index contributed by atoms with van der Waals surface area (Å²) in [6.45, 7) is 0. The van der Waals surface area contributed by atoms with Gasteiger partial charge in [0.05, 0.1) is 16.7 Å². The molecule has 3 aromatic rings. The molecule has 0 spiro atoms. The number of benzene rings is 1. The average Bonchev–Trinajstić information content (AvgIpc) is 3.03. The van der Waals surface area contributed by atoms with Gasteiger partial charge in [0.2, 0.25) is 0 Å². The van der Waals surface area contributed by atoms with E-state index in [0.717, 1.165) is 0 Å². The third kappa shape index (κ3) is 2.72. The van der Waals surface area contributed by atoms with Crippen LogP contribution in [0.3, 0.4) is 0 Å². The van der Waals surface area contributed by atoms with Crippen molar-refractivity contribution < 1.29 is 4.79 Å². The van der Waals surface area contributed by atoms with Crippen molar-refractivity contribution in [3.05, 3.63) is 39.8 Å². The standard InChI is InChI=1S/C15H15N5O2S/c21-13-17-9-5-2-6-10(12(9)19-13)18-14(22)20-15-16-7-11(23-15)8-3-1-4-8/h2,5-8H,1,3-4H2,(H2,17,19,21)(H2,16,18,20,22). The molecule has 1 aromatic carbocycles. The summed E-state index contributed by atoms with van der Waals surface area (Å²) in [5.41, 5.74) is 1.45. The number of carbonyl (C=O) groups is 1. The Morgan fingerprint density at radius 1 is 1.26 bits per heavy atom. The minimum Gasteiger partial charge on any atom is -0.306 e. The molecular weight excluding hydrogens is 314 g/mol. The van der Waals surface area contributed by atoms with Crippen LogP contribution in [0.15, 0.2) is 29.2 Å². The molecule has 118 valence electrons. The van der Waals surface area contributed by atoms with Crippen LogP contribution in [0.1, 0.15) is 30.1 Å². The maximum atomic E-state index is 12.1. The Labute approximate surface area is 135 Å². The fraction of sp³-hybridized carbons (Fsp3) is 0.267. The number of rotatable bonds is 3. The summed E-state index contributed by atoms with van der Waals surface area (Å²) >= 11 is 1.52. The molecule has 7 nitrogen and oxygen atoms in total. The normalized spacial score (nSPS) is 14.6. The molecule has 2 aromatic heterocycles. The number of carbonyl (C=O) groups excluding carboxylic acids is 1. The minimum atomic E-state index is -0.381. The molecule has 4 rings (SSSR count). The smallest absolute Gasteiger partial charge is 0.306 e. The number of imidazole rings is 1. The van der Waals surface area contributed by atoms with Gasteiger partial charge in [-0.15, -0.1) is 11.3 Å². The summed E-state index contributed by atoms with van der Waals surface area (Å²) in [5, 5.41) is 6.06. The van der Waals surface area contributed by atoms with Gasteiger partial charge in [-0.3, -0.25) is 5.32 Å². The fourth-order valence-corrected chi connectivity index (χ4v) is 3.62. The zero-order valence-corrected chi connectivity index (χ0v) is 13.0. The number of nitrogens with one attached hydrogen (secondary N) is 4. The van der Waals surface area contributed by atoms with Crippen molar-refractivity contribution in [2.24, 2.45) is 0 Å². The number of fused-ring (bicyclic) bond motifs is 1. The minimum absolute atomic E-state index is 0.306. The first-order chi connectivity index (χ1) is 11.2. The second-order valence-electron chi connectivity index (χ2n) is 5.58. The first-order valence-electron chi connectivity index (χ1n) is 7.44. The highest BCUT2D eigenvalue weighted by atomic mass is 32.1. The number of nitrogens with zero attached hydrogens (tertiary/aromatic N) is 1. The Kier molecular flexibility index (Phi) is 3.38. The second-order valence-corrected chi connectivity index (χ2v) is 6.64. The molecule has 1 fully saturated rings. The van der Waals surface area contributed by atoms with Gasteiger partial charge in [0.25, 0.3) is 0 Å². The molecule has 1 aliphatic rings. The van der Waals surface area contributed by atoms with Crippen molar-refractivity contribution in [1.82, 2.24) is 15.0 Å². The highest BCUT2D eigenvalue weighted by Gasteiger charge is 2.22. The molecule has 0 atom stereocenters. The Morgan fingerprint density at radius 2 is 2.13 bits per heavy atom. The Hall–Kier alpha value is -2.61. The number of aromatic nitrogens is 3. The molecule has 1 saturated carbocycles. The lowest BCUT2D eigenvalue weighted by Gasteiger charge is -2.23. The van der Waals surface area contributed by atoms with E-state index < -0.39 is 0 Å². The van der Waals surface area contributed by atoms with E-state index in [-0.39, 0.29) is 11.7 Å². The van der Waals surface area contributed by atoms with Gasteiger partial charge in [-0.05, 0) is 30.9 Å². The molecule has 0 radical (unpaired) electrons. The van der Waals surface area contributed by atoms with Gasteiger partial charge in [0.15, 0.2) is 5.13 Å². The molecule has 4 N–H and O–H groups in total. The second kappa shape index (κ2) is 5.54. The van der Waals surface area contributed by atoms with E-state index in [1.807, 2.05) is 6.20 Å². The van der Waals surface area contributed by atoms with Gasteiger partial charge in [-0.2, -0.15) is 0 Å². The van der Waals surface area contributed by atoms with Crippen LogP contribution >= 0.6 is 11.3 Å². The summed E-state index contributed by atoms with van der Waals surface area (Å²) in [6.07, 6.45) is 5.52. The predicted octanol–water partition coefficient (Wildman–Crippen LogP) is 3.22. The van der Waals surface area contributed by atoms with Gasteiger partial charge in [0.1, 0.15) is 0 Å². The lowest BCUT2D eigenvalue weighted by Crippen LogP contribution is -2.19. The van der Waals surface area contributed by atoms with Crippen molar-refractivity contribution in [3.8, 4) is 0 Å². The highest BCUT2D eigenvalue weighted by Crippen LogP contribution is 2.39. The van der Waals surface area contributed by atoms with E-state index in [0.29, 0.717) is 27.8 Å². The summed E-state index contributed by atoms with van der Waals surface area (Å²) in [5.74, 6) is 0.602. The Bertz CT molecular complexity index is 921. The number of urea groups is 1. The lowest BCUT2D eigenvalue weighted by molar-refractivity contribution is 0.262. The van der Waals surface area contributed by atoms with Gasteiger partial charge < -0.3 is 15.3 Å². The van der Waals surface area contributed by atoms with E-state index in [9.17, 15) is 9.59 Å². The molecule has 2 heterocycles. The third-order valence-corrected chi connectivity index (χ3v) is 5.13. The molecule has 0 unspecified atom stereocenters. The monoisotopic (exact) mass is 329 g/mol. The van der Waals surface area contributed by atoms with E-state index in [1.54, 1.807) is 18.2 Å². The van der Waals surface area contributed by atoms with Gasteiger partial charge >= 0.3 is 11.7 Å². The van der Waals surface area contributed by atoms with E-state index in [2.05, 4.69) is 25.6 Å². The van der Waals surface area contributed by atoms with Crippen molar-refractivity contribution in [2.75, 3.05) is 10.6 Å². The van der Waals surface area contributed by atoms with E-state index >= 15 is 0 Å². The first kappa shape index (κ1) is 14.0. The molecule has 23 heavy (non-hydrogen) atoms. The SMILES string of the molecule is O=C(Nc1ncc(C2CCC2)s1)Nc1cccc2[nH]c(=O)[nH]c12. The molecule has 0 bridgehead atoms. The van der Waals surface area contributed by atoms with Crippen LogP contribution in [0.25, 0.3) is 11.0 Å². The Balaban J connectivity index is 1.48. The molecule has 8 heteroatoms. The highest BCUT2D eigenvalue weighted by molar-refractivity contribution is 7.15. The molecule has 0 saturated heterocycles. The van der Waals surface area contributed by atoms with Crippen molar-refractivity contribution >= 4 is 39.2 Å². The lowest BCUT2D eigenvalue weighted by atomic mass is 9.85. The van der Waals surface area contributed by atoms with Crippen molar-refractivity contribution in [3.63, 3.8) is 0 Å². The number of hydrogen-bond acceptors (Lipinski definition) is 4. The molecule has 2 amide bonds. The van der Waals surface area contributed by atoms with Crippen LogP contribution in [0.2, 0.25) is 0 Å². The number of H-pyrrole nitrogens is 2. The first-order valence-corrected chi connectivity index (χ1v) is 8.25. The number of thiazole rings is 1. The quantitative estimate of drug-likeness (QED) is 0.593. The third-order valence-electron chi connectivity index (χ3n) is 4.05. The van der Waals surface area contributed by atoms with Crippen LogP contribution in [0, 0.1) is 0 Å². The predicted molar refractivity (Wildman–Crippen MR) is 90.3 cm³/mol. The van der Waals surface area contributed by atoms with Crippen LogP contribution in [0.4, 0.5) is 15.6 Å². The summed E-state index contributed by atoms with van der Waals surface area (Å²) < 4.78 is 0. The average molecular weight is 329 g/mol. The van der Waals surface area contributed by atoms with Crippen LogP contribution in [-0.4, -0.2) is 21.0 Å². The van der Waals surface area contributed by atoms with Gasteiger partial charge in [-0.1, -0.05) is 12.5 Å². The number of para-hydroxylation sites is 1. The van der Waals surface area contributed by atoms with Crippen molar-refractivity contribution in [1.29, 1.82) is 0 Å². The number of anilines is 2. The number of amides is 2. The zero-order chi connectivity index (χ0) is 15.8. The summed E-state index contributed by atoms with van der Waals surface area (Å²) in [7, 11) is 0. The van der Waals surface area contributed by atoms with Crippen LogP contribution < -0.4 is 16.3 Å². The van der Waals surface area contributed by atoms with Crippen LogP contribution in [-0.2, 0) is 0 Å². The summed E-state index contributed by atoms with van der Waals surface area (Å²) in [4.78, 5) is 34.3. The van der Waals surface area contributed by atoms with Crippen molar-refractivity contribution in [2.45, 2.75) is 25.2 Å². The molecular formula is C15H15N5O2S. The summed E-state index contributed by atoms with van der Waals surface area (Å²) in [6, 6.07) is 4.88.